The summed E-state index contributed by atoms with van der Waals surface area (Å²) >= 11 is 0. The number of fused-ring (bicyclic) bond motifs is 1. The van der Waals surface area contributed by atoms with Crippen LogP contribution in [0.5, 0.6) is 0 Å². The molecule has 0 spiro atoms. The summed E-state index contributed by atoms with van der Waals surface area (Å²) in [5, 5.41) is 0.874. The van der Waals surface area contributed by atoms with E-state index in [-0.39, 0.29) is 5.82 Å². The molecule has 1 heterocycles. The fourth-order valence-corrected chi connectivity index (χ4v) is 1.21. The summed E-state index contributed by atoms with van der Waals surface area (Å²) in [6, 6.07) is 4.53. The van der Waals surface area contributed by atoms with Gasteiger partial charge in [-0.15, -0.1) is 0 Å². The third kappa shape index (κ3) is 1.49. The Hall–Kier alpha value is -1.51. The van der Waals surface area contributed by atoms with Crippen LogP contribution in [-0.2, 0) is 6.42 Å². The van der Waals surface area contributed by atoms with E-state index in [9.17, 15) is 4.39 Å². The lowest BCUT2D eigenvalue weighted by Crippen LogP contribution is -1.92. The largest absolute Gasteiger partial charge is 0.241 e. The molecule has 0 saturated carbocycles. The minimum atomic E-state index is -0.256. The van der Waals surface area contributed by atoms with Gasteiger partial charge in [-0.25, -0.2) is 14.4 Å². The number of hydrogen-bond acceptors (Lipinski definition) is 2. The Labute approximate surface area is 75.4 Å². The Bertz CT molecular complexity index is 440. The highest BCUT2D eigenvalue weighted by atomic mass is 19.1. The summed E-state index contributed by atoms with van der Waals surface area (Å²) in [6.45, 7) is 1.97. The summed E-state index contributed by atoms with van der Waals surface area (Å²) in [5.41, 5.74) is 0.673. The molecule has 0 bridgehead atoms. The first-order chi connectivity index (χ1) is 6.29. The summed E-state index contributed by atoms with van der Waals surface area (Å²) in [5.74, 6) is 0.492. The van der Waals surface area contributed by atoms with Crippen molar-refractivity contribution in [2.45, 2.75) is 13.3 Å². The number of halogens is 1. The van der Waals surface area contributed by atoms with Gasteiger partial charge in [-0.2, -0.15) is 0 Å². The molecule has 0 saturated heterocycles. The molecule has 0 N–H and O–H groups in total. The van der Waals surface area contributed by atoms with Crippen LogP contribution in [0.2, 0.25) is 0 Å². The quantitative estimate of drug-likeness (QED) is 0.666. The predicted octanol–water partition coefficient (Wildman–Crippen LogP) is 2.33. The molecular formula is C10H9FN2. The minimum absolute atomic E-state index is 0.256. The fourth-order valence-electron chi connectivity index (χ4n) is 1.21. The number of rotatable bonds is 1. The van der Waals surface area contributed by atoms with Crippen molar-refractivity contribution in [3.8, 4) is 0 Å². The van der Waals surface area contributed by atoms with E-state index >= 15 is 0 Å². The van der Waals surface area contributed by atoms with Crippen molar-refractivity contribution < 1.29 is 4.39 Å². The second-order valence-electron chi connectivity index (χ2n) is 2.84. The van der Waals surface area contributed by atoms with Crippen LogP contribution < -0.4 is 0 Å². The van der Waals surface area contributed by atoms with Gasteiger partial charge in [0.1, 0.15) is 11.6 Å². The van der Waals surface area contributed by atoms with Crippen LogP contribution in [0.4, 0.5) is 4.39 Å². The molecule has 1 aromatic carbocycles. The Morgan fingerprint density at radius 2 is 2.23 bits per heavy atom. The molecule has 2 rings (SSSR count). The van der Waals surface area contributed by atoms with Crippen molar-refractivity contribution in [3.63, 3.8) is 0 Å². The first kappa shape index (κ1) is 8.10. The average molecular weight is 176 g/mol. The molecule has 2 aromatic rings. The maximum atomic E-state index is 12.8. The average Bonchev–Trinajstić information content (AvgIpc) is 2.16. The molecule has 0 unspecified atom stereocenters. The number of aromatic nitrogens is 2. The third-order valence-electron chi connectivity index (χ3n) is 1.91. The van der Waals surface area contributed by atoms with Gasteiger partial charge >= 0.3 is 0 Å². The molecular weight excluding hydrogens is 167 g/mol. The van der Waals surface area contributed by atoms with Crippen molar-refractivity contribution in [2.24, 2.45) is 0 Å². The van der Waals surface area contributed by atoms with E-state index in [0.29, 0.717) is 5.52 Å². The van der Waals surface area contributed by atoms with Crippen LogP contribution in [0, 0.1) is 5.82 Å². The maximum Gasteiger partial charge on any atom is 0.128 e. The van der Waals surface area contributed by atoms with Crippen LogP contribution in [0.3, 0.4) is 0 Å². The minimum Gasteiger partial charge on any atom is -0.241 e. The molecule has 13 heavy (non-hydrogen) atoms. The SMILES string of the molecule is CCc1ncc2ccc(F)cc2n1. The lowest BCUT2D eigenvalue weighted by Gasteiger charge is -1.98. The van der Waals surface area contributed by atoms with Gasteiger partial charge in [-0.1, -0.05) is 6.92 Å². The van der Waals surface area contributed by atoms with Gasteiger partial charge in [0.2, 0.25) is 0 Å². The van der Waals surface area contributed by atoms with Crippen LogP contribution in [0.15, 0.2) is 24.4 Å². The first-order valence-corrected chi connectivity index (χ1v) is 4.21. The highest BCUT2D eigenvalue weighted by Crippen LogP contribution is 2.12. The maximum absolute atomic E-state index is 12.8. The van der Waals surface area contributed by atoms with Gasteiger partial charge in [0, 0.05) is 24.1 Å². The molecule has 0 aliphatic heterocycles. The van der Waals surface area contributed by atoms with Gasteiger partial charge in [0.15, 0.2) is 0 Å². The molecule has 2 nitrogen and oxygen atoms in total. The lowest BCUT2D eigenvalue weighted by atomic mass is 10.2. The van der Waals surface area contributed by atoms with Gasteiger partial charge in [0.25, 0.3) is 0 Å². The van der Waals surface area contributed by atoms with Crippen molar-refractivity contribution >= 4 is 10.9 Å². The standard InChI is InChI=1S/C10H9FN2/c1-2-10-12-6-7-3-4-8(11)5-9(7)13-10/h3-6H,2H2,1H3. The number of benzene rings is 1. The second kappa shape index (κ2) is 3.09. The molecule has 0 radical (unpaired) electrons. The molecule has 0 aliphatic rings. The molecule has 0 fully saturated rings. The van der Waals surface area contributed by atoms with Crippen LogP contribution in [-0.4, -0.2) is 9.97 Å². The van der Waals surface area contributed by atoms with Gasteiger partial charge in [-0.3, -0.25) is 0 Å². The van der Waals surface area contributed by atoms with E-state index < -0.39 is 0 Å². The topological polar surface area (TPSA) is 25.8 Å². The monoisotopic (exact) mass is 176 g/mol. The van der Waals surface area contributed by atoms with Gasteiger partial charge in [0.05, 0.1) is 5.52 Å². The summed E-state index contributed by atoms with van der Waals surface area (Å²) in [4.78, 5) is 8.32. The van der Waals surface area contributed by atoms with Crippen LogP contribution >= 0.6 is 0 Å². The summed E-state index contributed by atoms with van der Waals surface area (Å²) in [6.07, 6.45) is 2.49. The smallest absolute Gasteiger partial charge is 0.128 e. The number of hydrogen-bond donors (Lipinski definition) is 0. The molecule has 0 atom stereocenters. The molecule has 0 aliphatic carbocycles. The third-order valence-corrected chi connectivity index (χ3v) is 1.91. The zero-order valence-corrected chi connectivity index (χ0v) is 7.29. The van der Waals surface area contributed by atoms with Gasteiger partial charge < -0.3 is 0 Å². The van der Waals surface area contributed by atoms with E-state index in [0.717, 1.165) is 17.6 Å². The summed E-state index contributed by atoms with van der Waals surface area (Å²) < 4.78 is 12.8. The fraction of sp³-hybridized carbons (Fsp3) is 0.200. The first-order valence-electron chi connectivity index (χ1n) is 4.21. The van der Waals surface area contributed by atoms with E-state index in [1.54, 1.807) is 12.3 Å². The Balaban J connectivity index is 2.68. The highest BCUT2D eigenvalue weighted by Gasteiger charge is 1.98. The molecule has 3 heteroatoms. The van der Waals surface area contributed by atoms with Crippen molar-refractivity contribution in [3.05, 3.63) is 36.0 Å². The Morgan fingerprint density at radius 3 is 3.00 bits per heavy atom. The lowest BCUT2D eigenvalue weighted by molar-refractivity contribution is 0.629. The summed E-state index contributed by atoms with van der Waals surface area (Å²) in [7, 11) is 0. The molecule has 1 aromatic heterocycles. The normalized spacial score (nSPS) is 10.6. The van der Waals surface area contributed by atoms with Crippen molar-refractivity contribution in [2.75, 3.05) is 0 Å². The highest BCUT2D eigenvalue weighted by molar-refractivity contribution is 5.77. The number of aryl methyl sites for hydroxylation is 1. The van der Waals surface area contributed by atoms with Crippen LogP contribution in [0.1, 0.15) is 12.7 Å². The Kier molecular flexibility index (Phi) is 1.93. The van der Waals surface area contributed by atoms with E-state index in [1.165, 1.54) is 12.1 Å². The van der Waals surface area contributed by atoms with E-state index in [4.69, 9.17) is 0 Å². The van der Waals surface area contributed by atoms with Crippen molar-refractivity contribution in [1.82, 2.24) is 9.97 Å². The van der Waals surface area contributed by atoms with E-state index in [1.807, 2.05) is 6.92 Å². The zero-order chi connectivity index (χ0) is 9.26. The zero-order valence-electron chi connectivity index (χ0n) is 7.29. The van der Waals surface area contributed by atoms with E-state index in [2.05, 4.69) is 9.97 Å². The predicted molar refractivity (Wildman–Crippen MR) is 48.9 cm³/mol. The van der Waals surface area contributed by atoms with Crippen LogP contribution in [0.25, 0.3) is 10.9 Å². The van der Waals surface area contributed by atoms with Crippen molar-refractivity contribution in [1.29, 1.82) is 0 Å². The Morgan fingerprint density at radius 1 is 1.38 bits per heavy atom. The molecule has 66 valence electrons. The number of nitrogens with zero attached hydrogens (tertiary/aromatic N) is 2. The second-order valence-corrected chi connectivity index (χ2v) is 2.84. The molecule has 0 amide bonds. The van der Waals surface area contributed by atoms with Gasteiger partial charge in [-0.05, 0) is 12.1 Å².